The van der Waals surface area contributed by atoms with Crippen LogP contribution in [0.3, 0.4) is 0 Å². The van der Waals surface area contributed by atoms with Gasteiger partial charge in [0.1, 0.15) is 5.50 Å². The van der Waals surface area contributed by atoms with Crippen molar-refractivity contribution in [3.63, 3.8) is 0 Å². The molecular weight excluding hydrogens is 356 g/mol. The molecule has 1 aromatic rings. The number of carbonyl (C=O) groups is 2. The van der Waals surface area contributed by atoms with Crippen LogP contribution in [0.15, 0.2) is 30.3 Å². The van der Waals surface area contributed by atoms with Crippen molar-refractivity contribution in [3.8, 4) is 0 Å². The van der Waals surface area contributed by atoms with Gasteiger partial charge in [-0.25, -0.2) is 4.79 Å². The third-order valence-corrected chi connectivity index (χ3v) is 6.07. The summed E-state index contributed by atoms with van der Waals surface area (Å²) in [4.78, 5) is 26.6. The molecule has 2 atom stereocenters. The molecule has 2 aliphatic rings. The topological polar surface area (TPSA) is 89.9 Å². The summed E-state index contributed by atoms with van der Waals surface area (Å²) >= 11 is 6.55. The lowest BCUT2D eigenvalue weighted by atomic mass is 9.74. The van der Waals surface area contributed by atoms with Crippen LogP contribution in [-0.2, 0) is 10.3 Å². The van der Waals surface area contributed by atoms with E-state index >= 15 is 0 Å². The standard InChI is InChI=1S/C19H25ClN2O4/c20-16-19(14-7-3-1-4-8-14,22(17(24)25)12-11-21-16)15(23)13-18(26)9-5-2-6-10-18/h1,3-4,7-8,16,21,26H,2,5-6,9-13H2,(H,24,25). The maximum Gasteiger partial charge on any atom is 0.408 e. The molecule has 1 saturated carbocycles. The molecule has 0 spiro atoms. The number of nitrogens with one attached hydrogen (secondary N) is 1. The van der Waals surface area contributed by atoms with Crippen molar-refractivity contribution in [1.82, 2.24) is 10.2 Å². The van der Waals surface area contributed by atoms with E-state index in [1.165, 1.54) is 0 Å². The first-order valence-corrected chi connectivity index (χ1v) is 9.53. The summed E-state index contributed by atoms with van der Waals surface area (Å²) in [5.74, 6) is -0.359. The number of aliphatic hydroxyl groups is 1. The van der Waals surface area contributed by atoms with Gasteiger partial charge in [0, 0.05) is 19.5 Å². The third-order valence-electron chi connectivity index (χ3n) is 5.60. The minimum Gasteiger partial charge on any atom is -0.465 e. The summed E-state index contributed by atoms with van der Waals surface area (Å²) < 4.78 is 0. The molecule has 1 amide bonds. The van der Waals surface area contributed by atoms with Gasteiger partial charge in [-0.3, -0.25) is 15.0 Å². The lowest BCUT2D eigenvalue weighted by Gasteiger charge is -2.49. The molecule has 142 valence electrons. The fraction of sp³-hybridized carbons (Fsp3) is 0.579. The van der Waals surface area contributed by atoms with Gasteiger partial charge in [0.2, 0.25) is 0 Å². The number of rotatable bonds is 4. The summed E-state index contributed by atoms with van der Waals surface area (Å²) in [6, 6.07) is 8.78. The van der Waals surface area contributed by atoms with E-state index in [9.17, 15) is 19.8 Å². The highest BCUT2D eigenvalue weighted by atomic mass is 35.5. The number of amides is 1. The first-order valence-electron chi connectivity index (χ1n) is 9.09. The zero-order valence-electron chi connectivity index (χ0n) is 14.7. The number of nitrogens with zero attached hydrogens (tertiary/aromatic N) is 1. The molecule has 2 fully saturated rings. The van der Waals surface area contributed by atoms with Gasteiger partial charge in [-0.2, -0.15) is 0 Å². The zero-order valence-corrected chi connectivity index (χ0v) is 15.4. The Morgan fingerprint density at radius 2 is 1.85 bits per heavy atom. The molecule has 6 nitrogen and oxygen atoms in total. The Bertz CT molecular complexity index is 663. The maximum absolute atomic E-state index is 13.5. The number of ketones is 1. The Morgan fingerprint density at radius 1 is 1.19 bits per heavy atom. The largest absolute Gasteiger partial charge is 0.465 e. The molecule has 7 heteroatoms. The summed E-state index contributed by atoms with van der Waals surface area (Å²) in [5.41, 5.74) is -3.02. The highest BCUT2D eigenvalue weighted by Crippen LogP contribution is 2.41. The smallest absolute Gasteiger partial charge is 0.408 e. The Kier molecular flexibility index (Phi) is 5.55. The van der Waals surface area contributed by atoms with Crippen molar-refractivity contribution in [2.75, 3.05) is 13.1 Å². The number of benzene rings is 1. The summed E-state index contributed by atoms with van der Waals surface area (Å²) in [6.45, 7) is 0.518. The van der Waals surface area contributed by atoms with Crippen LogP contribution >= 0.6 is 11.6 Å². The monoisotopic (exact) mass is 380 g/mol. The third kappa shape index (κ3) is 3.33. The molecular formula is C19H25ClN2O4. The summed E-state index contributed by atoms with van der Waals surface area (Å²) in [6.07, 6.45) is 2.59. The van der Waals surface area contributed by atoms with Crippen molar-refractivity contribution in [2.45, 2.75) is 55.2 Å². The molecule has 0 aromatic heterocycles. The van der Waals surface area contributed by atoms with E-state index in [0.29, 0.717) is 24.9 Å². The van der Waals surface area contributed by atoms with Gasteiger partial charge >= 0.3 is 6.09 Å². The second kappa shape index (κ2) is 7.55. The van der Waals surface area contributed by atoms with Gasteiger partial charge in [-0.1, -0.05) is 49.6 Å². The van der Waals surface area contributed by atoms with Crippen LogP contribution in [0, 0.1) is 0 Å². The van der Waals surface area contributed by atoms with Crippen molar-refractivity contribution >= 4 is 23.5 Å². The van der Waals surface area contributed by atoms with Crippen molar-refractivity contribution in [2.24, 2.45) is 0 Å². The molecule has 2 unspecified atom stereocenters. The normalized spacial score (nSPS) is 28.5. The van der Waals surface area contributed by atoms with Crippen molar-refractivity contribution < 1.29 is 19.8 Å². The van der Waals surface area contributed by atoms with Gasteiger partial charge in [-0.15, -0.1) is 11.6 Å². The molecule has 0 bridgehead atoms. The number of hydrogen-bond donors (Lipinski definition) is 3. The highest BCUT2D eigenvalue weighted by molar-refractivity contribution is 6.24. The average Bonchev–Trinajstić information content (AvgIpc) is 2.62. The predicted octanol–water partition coefficient (Wildman–Crippen LogP) is 2.68. The van der Waals surface area contributed by atoms with Crippen LogP contribution in [0.5, 0.6) is 0 Å². The molecule has 0 radical (unpaired) electrons. The SMILES string of the molecule is O=C(O)N1CCNC(Cl)C1(C(=O)CC1(O)CCCCC1)c1ccccc1. The fourth-order valence-electron chi connectivity index (χ4n) is 4.28. The molecule has 1 heterocycles. The Hall–Kier alpha value is -1.63. The highest BCUT2D eigenvalue weighted by Gasteiger charge is 2.56. The summed E-state index contributed by atoms with van der Waals surface area (Å²) in [7, 11) is 0. The molecule has 1 aromatic carbocycles. The second-order valence-electron chi connectivity index (χ2n) is 7.27. The molecule has 1 aliphatic heterocycles. The van der Waals surface area contributed by atoms with E-state index in [1.54, 1.807) is 30.3 Å². The van der Waals surface area contributed by atoms with Gasteiger partial charge in [0.15, 0.2) is 11.3 Å². The fourth-order valence-corrected chi connectivity index (χ4v) is 4.75. The molecule has 1 saturated heterocycles. The van der Waals surface area contributed by atoms with Crippen LogP contribution < -0.4 is 5.32 Å². The number of alkyl halides is 1. The molecule has 3 N–H and O–H groups in total. The molecule has 26 heavy (non-hydrogen) atoms. The Balaban J connectivity index is 2.05. The van der Waals surface area contributed by atoms with E-state index < -0.39 is 22.7 Å². The van der Waals surface area contributed by atoms with Crippen molar-refractivity contribution in [1.29, 1.82) is 0 Å². The zero-order chi connectivity index (χ0) is 18.8. The van der Waals surface area contributed by atoms with Crippen LogP contribution in [0.1, 0.15) is 44.1 Å². The van der Waals surface area contributed by atoms with Gasteiger partial charge in [-0.05, 0) is 18.4 Å². The minimum atomic E-state index is -1.56. The van der Waals surface area contributed by atoms with Gasteiger partial charge < -0.3 is 10.2 Å². The van der Waals surface area contributed by atoms with E-state index in [2.05, 4.69) is 5.32 Å². The second-order valence-corrected chi connectivity index (χ2v) is 7.70. The van der Waals surface area contributed by atoms with Crippen LogP contribution in [0.25, 0.3) is 0 Å². The first kappa shape index (κ1) is 19.1. The minimum absolute atomic E-state index is 0.101. The van der Waals surface area contributed by atoms with Crippen LogP contribution in [0.4, 0.5) is 4.79 Å². The number of piperazine rings is 1. The Labute approximate surface area is 158 Å². The van der Waals surface area contributed by atoms with E-state index in [4.69, 9.17) is 11.6 Å². The van der Waals surface area contributed by atoms with Crippen molar-refractivity contribution in [3.05, 3.63) is 35.9 Å². The number of carbonyl (C=O) groups excluding carboxylic acids is 1. The molecule has 1 aliphatic carbocycles. The number of carboxylic acid groups (broad SMARTS) is 1. The number of halogens is 1. The lowest BCUT2D eigenvalue weighted by molar-refractivity contribution is -0.139. The number of hydrogen-bond acceptors (Lipinski definition) is 4. The maximum atomic E-state index is 13.5. The Morgan fingerprint density at radius 3 is 2.46 bits per heavy atom. The van der Waals surface area contributed by atoms with Crippen LogP contribution in [-0.4, -0.2) is 51.2 Å². The first-order chi connectivity index (χ1) is 12.4. The van der Waals surface area contributed by atoms with Crippen LogP contribution in [0.2, 0.25) is 0 Å². The quantitative estimate of drug-likeness (QED) is 0.552. The lowest BCUT2D eigenvalue weighted by Crippen LogP contribution is -2.68. The van der Waals surface area contributed by atoms with Gasteiger partial charge in [0.25, 0.3) is 0 Å². The predicted molar refractivity (Wildman–Crippen MR) is 98.2 cm³/mol. The average molecular weight is 381 g/mol. The summed E-state index contributed by atoms with van der Waals surface area (Å²) in [5, 5.41) is 23.7. The van der Waals surface area contributed by atoms with Gasteiger partial charge in [0.05, 0.1) is 5.60 Å². The molecule has 3 rings (SSSR count). The van der Waals surface area contributed by atoms with E-state index in [1.807, 2.05) is 0 Å². The van der Waals surface area contributed by atoms with E-state index in [-0.39, 0.29) is 18.7 Å². The number of Topliss-reactive ketones (excluding diaryl/α,β-unsaturated/α-hetero) is 1. The van der Waals surface area contributed by atoms with E-state index in [0.717, 1.165) is 24.2 Å².